The number of hydrogen-bond acceptors (Lipinski definition) is 3. The number of nitrogens with zero attached hydrogens (tertiary/aromatic N) is 1. The Bertz CT molecular complexity index is 442. The number of nitrogens with one attached hydrogen (secondary N) is 2. The fraction of sp³-hybridized carbons (Fsp3) is 0.500. The van der Waals surface area contributed by atoms with Crippen LogP contribution in [0.2, 0.25) is 0 Å². The van der Waals surface area contributed by atoms with Crippen molar-refractivity contribution in [1.82, 2.24) is 15.6 Å². The van der Waals surface area contributed by atoms with Crippen molar-refractivity contribution in [2.24, 2.45) is 0 Å². The third-order valence-electron chi connectivity index (χ3n) is 3.52. The first-order valence-corrected chi connectivity index (χ1v) is 7.39. The quantitative estimate of drug-likeness (QED) is 0.749. The molecule has 4 heteroatoms. The van der Waals surface area contributed by atoms with Gasteiger partial charge in [-0.1, -0.05) is 11.6 Å². The van der Waals surface area contributed by atoms with Crippen LogP contribution in [0, 0.1) is 0 Å². The summed E-state index contributed by atoms with van der Waals surface area (Å²) in [4.78, 5) is 15.6. The molecule has 0 spiro atoms. The van der Waals surface area contributed by atoms with E-state index in [-0.39, 0.29) is 5.91 Å². The minimum atomic E-state index is 0.0652. The summed E-state index contributed by atoms with van der Waals surface area (Å²) in [5, 5.41) is 6.10. The van der Waals surface area contributed by atoms with Crippen LogP contribution in [0.15, 0.2) is 36.2 Å². The Morgan fingerprint density at radius 2 is 2.10 bits per heavy atom. The molecule has 1 aromatic heterocycles. The van der Waals surface area contributed by atoms with Gasteiger partial charge in [-0.3, -0.25) is 9.78 Å². The van der Waals surface area contributed by atoms with E-state index in [4.69, 9.17) is 0 Å². The van der Waals surface area contributed by atoms with Crippen LogP contribution in [0.5, 0.6) is 0 Å². The summed E-state index contributed by atoms with van der Waals surface area (Å²) in [6, 6.07) is 3.89. The summed E-state index contributed by atoms with van der Waals surface area (Å²) < 4.78 is 0. The molecular weight excluding hydrogens is 250 g/mol. The molecule has 0 saturated carbocycles. The summed E-state index contributed by atoms with van der Waals surface area (Å²) in [7, 11) is 0. The Hall–Kier alpha value is -1.68. The number of hydrogen-bond donors (Lipinski definition) is 2. The van der Waals surface area contributed by atoms with E-state index in [0.717, 1.165) is 18.5 Å². The van der Waals surface area contributed by atoms with Crippen LogP contribution in [0.4, 0.5) is 0 Å². The van der Waals surface area contributed by atoms with Crippen LogP contribution < -0.4 is 10.6 Å². The zero-order chi connectivity index (χ0) is 14.0. The highest BCUT2D eigenvalue weighted by Crippen LogP contribution is 2.19. The maximum absolute atomic E-state index is 11.7. The van der Waals surface area contributed by atoms with E-state index < -0.39 is 0 Å². The van der Waals surface area contributed by atoms with Crippen LogP contribution in [-0.4, -0.2) is 24.0 Å². The van der Waals surface area contributed by atoms with Crippen molar-refractivity contribution in [3.63, 3.8) is 0 Å². The molecule has 1 aliphatic rings. The average Bonchev–Trinajstić information content (AvgIpc) is 2.49. The molecular formula is C16H23N3O. The van der Waals surface area contributed by atoms with Gasteiger partial charge in [0.15, 0.2) is 0 Å². The fourth-order valence-electron chi connectivity index (χ4n) is 2.38. The summed E-state index contributed by atoms with van der Waals surface area (Å²) in [5.41, 5.74) is 2.64. The predicted molar refractivity (Wildman–Crippen MR) is 80.1 cm³/mol. The first-order chi connectivity index (χ1) is 9.84. The molecule has 0 fully saturated rings. The van der Waals surface area contributed by atoms with Gasteiger partial charge in [0.25, 0.3) is 0 Å². The lowest BCUT2D eigenvalue weighted by molar-refractivity contribution is -0.120. The number of rotatable bonds is 7. The second-order valence-electron chi connectivity index (χ2n) is 5.17. The van der Waals surface area contributed by atoms with E-state index in [0.29, 0.717) is 13.1 Å². The van der Waals surface area contributed by atoms with Crippen molar-refractivity contribution in [3.8, 4) is 0 Å². The maximum atomic E-state index is 11.7. The molecule has 0 bridgehead atoms. The van der Waals surface area contributed by atoms with Gasteiger partial charge in [-0.05, 0) is 49.8 Å². The predicted octanol–water partition coefficient (Wildman–Crippen LogP) is 2.18. The largest absolute Gasteiger partial charge is 0.355 e. The lowest BCUT2D eigenvalue weighted by Crippen LogP contribution is -2.34. The third kappa shape index (κ3) is 5.53. The minimum Gasteiger partial charge on any atom is -0.355 e. The molecule has 0 unspecified atom stereocenters. The van der Waals surface area contributed by atoms with Gasteiger partial charge in [0.1, 0.15) is 0 Å². The topological polar surface area (TPSA) is 54.0 Å². The molecule has 0 atom stereocenters. The van der Waals surface area contributed by atoms with Gasteiger partial charge < -0.3 is 10.6 Å². The molecule has 0 aliphatic heterocycles. The molecule has 0 radical (unpaired) electrons. The van der Waals surface area contributed by atoms with Crippen molar-refractivity contribution in [2.75, 3.05) is 13.1 Å². The van der Waals surface area contributed by atoms with Crippen molar-refractivity contribution in [2.45, 2.75) is 38.6 Å². The lowest BCUT2D eigenvalue weighted by atomic mass is 9.97. The van der Waals surface area contributed by atoms with Gasteiger partial charge in [0.05, 0.1) is 6.54 Å². The van der Waals surface area contributed by atoms with E-state index >= 15 is 0 Å². The van der Waals surface area contributed by atoms with Crippen LogP contribution >= 0.6 is 0 Å². The highest BCUT2D eigenvalue weighted by Gasteiger charge is 2.04. The maximum Gasteiger partial charge on any atom is 0.233 e. The molecule has 1 aromatic rings. The van der Waals surface area contributed by atoms with Crippen molar-refractivity contribution in [3.05, 3.63) is 41.7 Å². The SMILES string of the molecule is O=C(CNCc1ccncc1)NCCC1=CCCCC1. The number of carbonyl (C=O) groups is 1. The Labute approximate surface area is 120 Å². The van der Waals surface area contributed by atoms with E-state index in [1.165, 1.54) is 31.3 Å². The highest BCUT2D eigenvalue weighted by molar-refractivity contribution is 5.77. The Balaban J connectivity index is 1.55. The number of allylic oxidation sites excluding steroid dienone is 1. The first kappa shape index (κ1) is 14.7. The Morgan fingerprint density at radius 3 is 2.85 bits per heavy atom. The first-order valence-electron chi connectivity index (χ1n) is 7.39. The van der Waals surface area contributed by atoms with E-state index in [9.17, 15) is 4.79 Å². The Morgan fingerprint density at radius 1 is 1.25 bits per heavy atom. The van der Waals surface area contributed by atoms with Gasteiger partial charge in [-0.2, -0.15) is 0 Å². The lowest BCUT2D eigenvalue weighted by Gasteiger charge is -2.13. The summed E-state index contributed by atoms with van der Waals surface area (Å²) in [5.74, 6) is 0.0652. The highest BCUT2D eigenvalue weighted by atomic mass is 16.1. The van der Waals surface area contributed by atoms with Crippen LogP contribution in [0.3, 0.4) is 0 Å². The molecule has 2 N–H and O–H groups in total. The number of pyridine rings is 1. The molecule has 4 nitrogen and oxygen atoms in total. The van der Waals surface area contributed by atoms with Gasteiger partial charge in [0.2, 0.25) is 5.91 Å². The van der Waals surface area contributed by atoms with Crippen LogP contribution in [0.25, 0.3) is 0 Å². The zero-order valence-corrected chi connectivity index (χ0v) is 11.9. The van der Waals surface area contributed by atoms with Gasteiger partial charge in [-0.25, -0.2) is 0 Å². The van der Waals surface area contributed by atoms with Gasteiger partial charge in [-0.15, -0.1) is 0 Å². The molecule has 1 amide bonds. The fourth-order valence-corrected chi connectivity index (χ4v) is 2.38. The standard InChI is InChI=1S/C16H23N3O/c20-16(13-18-12-15-6-9-17-10-7-15)19-11-8-14-4-2-1-3-5-14/h4,6-7,9-10,18H,1-3,5,8,11-13H2,(H,19,20). The molecule has 0 saturated heterocycles. The third-order valence-corrected chi connectivity index (χ3v) is 3.52. The summed E-state index contributed by atoms with van der Waals surface area (Å²) in [6.45, 7) is 1.81. The molecule has 2 rings (SSSR count). The smallest absolute Gasteiger partial charge is 0.233 e. The van der Waals surface area contributed by atoms with Crippen LogP contribution in [0.1, 0.15) is 37.7 Å². The number of aromatic nitrogens is 1. The second kappa shape index (κ2) is 8.48. The molecule has 20 heavy (non-hydrogen) atoms. The van der Waals surface area contributed by atoms with Gasteiger partial charge in [0, 0.05) is 25.5 Å². The minimum absolute atomic E-state index is 0.0652. The molecule has 0 aromatic carbocycles. The van der Waals surface area contributed by atoms with E-state index in [2.05, 4.69) is 21.7 Å². The number of carbonyl (C=O) groups excluding carboxylic acids is 1. The number of amides is 1. The summed E-state index contributed by atoms with van der Waals surface area (Å²) in [6.07, 6.45) is 11.9. The molecule has 1 heterocycles. The normalized spacial score (nSPS) is 14.7. The molecule has 108 valence electrons. The van der Waals surface area contributed by atoms with Crippen LogP contribution in [-0.2, 0) is 11.3 Å². The second-order valence-corrected chi connectivity index (χ2v) is 5.17. The van der Waals surface area contributed by atoms with E-state index in [1.54, 1.807) is 12.4 Å². The van der Waals surface area contributed by atoms with E-state index in [1.807, 2.05) is 12.1 Å². The molecule has 1 aliphatic carbocycles. The average molecular weight is 273 g/mol. The van der Waals surface area contributed by atoms with Gasteiger partial charge >= 0.3 is 0 Å². The van der Waals surface area contributed by atoms with Crippen molar-refractivity contribution < 1.29 is 4.79 Å². The van der Waals surface area contributed by atoms with Crippen molar-refractivity contribution >= 4 is 5.91 Å². The monoisotopic (exact) mass is 273 g/mol. The zero-order valence-electron chi connectivity index (χ0n) is 11.9. The summed E-state index contributed by atoms with van der Waals surface area (Å²) >= 11 is 0. The van der Waals surface area contributed by atoms with Crippen molar-refractivity contribution in [1.29, 1.82) is 0 Å². The Kier molecular flexibility index (Phi) is 6.24.